The maximum atomic E-state index is 5.94. The van der Waals surface area contributed by atoms with E-state index in [4.69, 9.17) is 11.6 Å². The fraction of sp³-hybridized carbons (Fsp3) is 0.273. The van der Waals surface area contributed by atoms with Crippen LogP contribution in [-0.4, -0.2) is 0 Å². The highest BCUT2D eigenvalue weighted by Crippen LogP contribution is 2.14. The minimum atomic E-state index is 0.804. The van der Waals surface area contributed by atoms with Crippen LogP contribution in [0.15, 0.2) is 30.4 Å². The van der Waals surface area contributed by atoms with Gasteiger partial charge in [0.15, 0.2) is 0 Å². The molecule has 0 aliphatic heterocycles. The summed E-state index contributed by atoms with van der Waals surface area (Å²) in [6.45, 7) is 2.12. The molecule has 1 aromatic carbocycles. The van der Waals surface area contributed by atoms with Crippen LogP contribution in [0.25, 0.3) is 0 Å². The van der Waals surface area contributed by atoms with Crippen LogP contribution in [-0.2, 0) is 6.42 Å². The average Bonchev–Trinajstić information content (AvgIpc) is 2.09. The number of hydrogen-bond acceptors (Lipinski definition) is 0. The van der Waals surface area contributed by atoms with Gasteiger partial charge >= 0.3 is 0 Å². The minimum absolute atomic E-state index is 0.804. The van der Waals surface area contributed by atoms with Crippen LogP contribution in [0.1, 0.15) is 18.9 Å². The number of benzene rings is 1. The Morgan fingerprint density at radius 2 is 2.33 bits per heavy atom. The second kappa shape index (κ2) is 5.00. The van der Waals surface area contributed by atoms with Crippen molar-refractivity contribution >= 4 is 11.6 Å². The van der Waals surface area contributed by atoms with Crippen LogP contribution in [0, 0.1) is 6.07 Å². The molecule has 0 atom stereocenters. The van der Waals surface area contributed by atoms with E-state index in [0.717, 1.165) is 23.4 Å². The lowest BCUT2D eigenvalue weighted by Crippen LogP contribution is -1.81. The fourth-order valence-corrected chi connectivity index (χ4v) is 1.18. The van der Waals surface area contributed by atoms with E-state index in [-0.39, 0.29) is 0 Å². The van der Waals surface area contributed by atoms with Crippen molar-refractivity contribution in [1.29, 1.82) is 0 Å². The van der Waals surface area contributed by atoms with Crippen molar-refractivity contribution in [2.24, 2.45) is 0 Å². The maximum Gasteiger partial charge on any atom is 0.0447 e. The summed E-state index contributed by atoms with van der Waals surface area (Å²) in [5.41, 5.74) is 1.07. The predicted molar refractivity (Wildman–Crippen MR) is 53.4 cm³/mol. The molecule has 0 bridgehead atoms. The molecule has 0 unspecified atom stereocenters. The zero-order chi connectivity index (χ0) is 8.81. The predicted octanol–water partition coefficient (Wildman–Crippen LogP) is 3.65. The van der Waals surface area contributed by atoms with E-state index in [1.54, 1.807) is 0 Å². The summed E-state index contributed by atoms with van der Waals surface area (Å²) < 4.78 is 0. The Labute approximate surface area is 78.9 Å². The first-order valence-electron chi connectivity index (χ1n) is 4.14. The molecule has 1 rings (SSSR count). The number of hydrogen-bond donors (Lipinski definition) is 0. The highest BCUT2D eigenvalue weighted by molar-refractivity contribution is 6.31. The van der Waals surface area contributed by atoms with Gasteiger partial charge in [-0.2, -0.15) is 0 Å². The molecule has 1 heteroatoms. The van der Waals surface area contributed by atoms with Gasteiger partial charge in [0, 0.05) is 5.02 Å². The molecule has 0 spiro atoms. The van der Waals surface area contributed by atoms with Gasteiger partial charge in [-0.3, -0.25) is 0 Å². The van der Waals surface area contributed by atoms with Crippen molar-refractivity contribution in [3.05, 3.63) is 47.0 Å². The maximum absolute atomic E-state index is 5.94. The first kappa shape index (κ1) is 9.34. The van der Waals surface area contributed by atoms with Crippen molar-refractivity contribution in [3.8, 4) is 0 Å². The van der Waals surface area contributed by atoms with Gasteiger partial charge in [0.2, 0.25) is 0 Å². The van der Waals surface area contributed by atoms with Crippen molar-refractivity contribution in [2.75, 3.05) is 0 Å². The molecule has 0 aliphatic carbocycles. The third kappa shape index (κ3) is 2.71. The van der Waals surface area contributed by atoms with Crippen LogP contribution in [0.3, 0.4) is 0 Å². The number of halogens is 1. The first-order chi connectivity index (χ1) is 5.84. The Balaban J connectivity index is 2.63. The summed E-state index contributed by atoms with van der Waals surface area (Å²) in [4.78, 5) is 0. The molecular formula is C11H12Cl. The third-order valence-corrected chi connectivity index (χ3v) is 1.96. The molecule has 63 valence electrons. The normalized spacial score (nSPS) is 10.8. The van der Waals surface area contributed by atoms with E-state index < -0.39 is 0 Å². The lowest BCUT2D eigenvalue weighted by molar-refractivity contribution is 1.18. The molecule has 1 radical (unpaired) electrons. The van der Waals surface area contributed by atoms with Gasteiger partial charge in [0.25, 0.3) is 0 Å². The molecular weight excluding hydrogens is 168 g/mol. The van der Waals surface area contributed by atoms with Gasteiger partial charge in [0.1, 0.15) is 0 Å². The van der Waals surface area contributed by atoms with Gasteiger partial charge in [-0.15, -0.1) is 0 Å². The molecule has 12 heavy (non-hydrogen) atoms. The largest absolute Gasteiger partial charge is 0.0885 e. The van der Waals surface area contributed by atoms with Crippen molar-refractivity contribution in [3.63, 3.8) is 0 Å². The Bertz CT molecular complexity index is 263. The molecule has 0 amide bonds. The van der Waals surface area contributed by atoms with Gasteiger partial charge in [-0.05, 0) is 30.5 Å². The molecule has 0 nitrogen and oxygen atoms in total. The molecule has 0 N–H and O–H groups in total. The smallest absolute Gasteiger partial charge is 0.0447 e. The van der Waals surface area contributed by atoms with E-state index >= 15 is 0 Å². The Morgan fingerprint density at radius 3 is 3.00 bits per heavy atom. The Morgan fingerprint density at radius 1 is 1.50 bits per heavy atom. The van der Waals surface area contributed by atoms with Gasteiger partial charge < -0.3 is 0 Å². The van der Waals surface area contributed by atoms with E-state index in [1.807, 2.05) is 18.2 Å². The van der Waals surface area contributed by atoms with Gasteiger partial charge in [-0.1, -0.05) is 42.8 Å². The molecule has 1 aromatic rings. The standard InChI is InChI=1S/C11H12Cl/c1-2-3-4-7-10-8-5-6-9-11(10)12/h3-6,9H,2,7H2,1H3. The van der Waals surface area contributed by atoms with E-state index in [2.05, 4.69) is 25.1 Å². The second-order valence-electron chi connectivity index (χ2n) is 2.58. The van der Waals surface area contributed by atoms with Crippen molar-refractivity contribution < 1.29 is 0 Å². The highest BCUT2D eigenvalue weighted by atomic mass is 35.5. The zero-order valence-electron chi connectivity index (χ0n) is 7.18. The molecule has 0 aliphatic rings. The van der Waals surface area contributed by atoms with Crippen molar-refractivity contribution in [2.45, 2.75) is 19.8 Å². The van der Waals surface area contributed by atoms with Crippen LogP contribution in [0.5, 0.6) is 0 Å². The summed E-state index contributed by atoms with van der Waals surface area (Å²) in [7, 11) is 0. The third-order valence-electron chi connectivity index (χ3n) is 1.61. The number of rotatable bonds is 3. The molecule has 0 saturated carbocycles. The lowest BCUT2D eigenvalue weighted by Gasteiger charge is -1.97. The lowest BCUT2D eigenvalue weighted by atomic mass is 10.1. The second-order valence-corrected chi connectivity index (χ2v) is 2.99. The molecule has 0 heterocycles. The minimum Gasteiger partial charge on any atom is -0.0885 e. The van der Waals surface area contributed by atoms with Crippen LogP contribution < -0.4 is 0 Å². The van der Waals surface area contributed by atoms with E-state index in [1.165, 1.54) is 0 Å². The van der Waals surface area contributed by atoms with E-state index in [0.29, 0.717) is 0 Å². The Hall–Kier alpha value is -0.750. The summed E-state index contributed by atoms with van der Waals surface area (Å²) in [5.74, 6) is 0. The quantitative estimate of drug-likeness (QED) is 0.622. The Kier molecular flexibility index (Phi) is 3.89. The summed E-state index contributed by atoms with van der Waals surface area (Å²) in [5, 5.41) is 0.804. The molecule has 0 fully saturated rings. The van der Waals surface area contributed by atoms with E-state index in [9.17, 15) is 0 Å². The molecule has 0 saturated heterocycles. The van der Waals surface area contributed by atoms with Gasteiger partial charge in [-0.25, -0.2) is 0 Å². The summed E-state index contributed by atoms with van der Waals surface area (Å²) in [6.07, 6.45) is 6.22. The van der Waals surface area contributed by atoms with Crippen LogP contribution in [0.4, 0.5) is 0 Å². The fourth-order valence-electron chi connectivity index (χ4n) is 0.975. The monoisotopic (exact) mass is 179 g/mol. The van der Waals surface area contributed by atoms with Gasteiger partial charge in [0.05, 0.1) is 0 Å². The summed E-state index contributed by atoms with van der Waals surface area (Å²) in [6, 6.07) is 8.80. The van der Waals surface area contributed by atoms with Crippen LogP contribution >= 0.6 is 11.6 Å². The van der Waals surface area contributed by atoms with Crippen LogP contribution in [0.2, 0.25) is 5.02 Å². The average molecular weight is 180 g/mol. The summed E-state index contributed by atoms with van der Waals surface area (Å²) >= 11 is 5.94. The topological polar surface area (TPSA) is 0 Å². The zero-order valence-corrected chi connectivity index (χ0v) is 7.93. The SMILES string of the molecule is CCC=CCc1[c]cccc1Cl. The number of allylic oxidation sites excluding steroid dienone is 2. The highest BCUT2D eigenvalue weighted by Gasteiger charge is 1.94. The molecule has 0 aromatic heterocycles. The first-order valence-corrected chi connectivity index (χ1v) is 4.52. The van der Waals surface area contributed by atoms with Crippen molar-refractivity contribution in [1.82, 2.24) is 0 Å².